The van der Waals surface area contributed by atoms with Crippen molar-refractivity contribution in [3.05, 3.63) is 16.1 Å². The zero-order valence-corrected chi connectivity index (χ0v) is 14.6. The van der Waals surface area contributed by atoms with Gasteiger partial charge in [-0.1, -0.05) is 40.0 Å². The van der Waals surface area contributed by atoms with Crippen LogP contribution in [0.1, 0.15) is 63.6 Å². The molecule has 0 atom stereocenters. The molecule has 0 radical (unpaired) electrons. The van der Waals surface area contributed by atoms with E-state index >= 15 is 0 Å². The third kappa shape index (κ3) is 3.33. The van der Waals surface area contributed by atoms with Crippen molar-refractivity contribution < 1.29 is 0 Å². The van der Waals surface area contributed by atoms with Crippen molar-refractivity contribution in [2.24, 2.45) is 0 Å². The van der Waals surface area contributed by atoms with E-state index in [2.05, 4.69) is 36.4 Å². The second kappa shape index (κ2) is 5.98. The first kappa shape index (κ1) is 15.4. The summed E-state index contributed by atoms with van der Waals surface area (Å²) in [7, 11) is 0. The van der Waals surface area contributed by atoms with Crippen LogP contribution < -0.4 is 5.32 Å². The van der Waals surface area contributed by atoms with E-state index in [1.807, 2.05) is 11.3 Å². The van der Waals surface area contributed by atoms with Crippen LogP contribution in [0.15, 0.2) is 5.38 Å². The molecule has 2 fully saturated rings. The predicted molar refractivity (Wildman–Crippen MR) is 89.9 cm³/mol. The van der Waals surface area contributed by atoms with Crippen LogP contribution in [0.3, 0.4) is 0 Å². The number of thiazole rings is 1. The number of piperazine rings is 1. The van der Waals surface area contributed by atoms with Crippen LogP contribution in [0.2, 0.25) is 0 Å². The Bertz CT molecular complexity index is 460. The molecule has 2 aliphatic rings. The normalized spacial score (nSPS) is 23.6. The quantitative estimate of drug-likeness (QED) is 0.905. The summed E-state index contributed by atoms with van der Waals surface area (Å²) < 4.78 is 0. The van der Waals surface area contributed by atoms with Crippen LogP contribution in [-0.2, 0) is 12.0 Å². The third-order valence-electron chi connectivity index (χ3n) is 5.01. The molecule has 1 aromatic heterocycles. The van der Waals surface area contributed by atoms with Gasteiger partial charge in [0.05, 0.1) is 10.7 Å². The molecule has 21 heavy (non-hydrogen) atoms. The average Bonchev–Trinajstić information content (AvgIpc) is 2.91. The zero-order valence-electron chi connectivity index (χ0n) is 13.7. The number of nitrogens with zero attached hydrogens (tertiary/aromatic N) is 2. The topological polar surface area (TPSA) is 28.2 Å². The highest BCUT2D eigenvalue weighted by Gasteiger charge is 2.39. The maximum absolute atomic E-state index is 4.91. The smallest absolute Gasteiger partial charge is 0.0982 e. The number of nitrogens with one attached hydrogen (secondary N) is 1. The number of aromatic nitrogens is 1. The van der Waals surface area contributed by atoms with Gasteiger partial charge in [-0.2, -0.15) is 0 Å². The fraction of sp³-hybridized carbons (Fsp3) is 0.824. The van der Waals surface area contributed by atoms with Crippen molar-refractivity contribution >= 4 is 11.3 Å². The molecule has 1 spiro atoms. The Kier molecular flexibility index (Phi) is 4.40. The van der Waals surface area contributed by atoms with Gasteiger partial charge < -0.3 is 5.32 Å². The predicted octanol–water partition coefficient (Wildman–Crippen LogP) is 3.55. The summed E-state index contributed by atoms with van der Waals surface area (Å²) in [5, 5.41) is 7.18. The fourth-order valence-corrected chi connectivity index (χ4v) is 4.65. The number of hydrogen-bond donors (Lipinski definition) is 1. The summed E-state index contributed by atoms with van der Waals surface area (Å²) in [4.78, 5) is 7.64. The van der Waals surface area contributed by atoms with Crippen LogP contribution in [0.4, 0.5) is 0 Å². The van der Waals surface area contributed by atoms with Crippen molar-refractivity contribution in [1.82, 2.24) is 15.2 Å². The van der Waals surface area contributed by atoms with Gasteiger partial charge in [0, 0.05) is 42.5 Å². The van der Waals surface area contributed by atoms with Crippen molar-refractivity contribution in [1.29, 1.82) is 0 Å². The molecule has 3 rings (SSSR count). The lowest BCUT2D eigenvalue weighted by Crippen LogP contribution is -2.61. The van der Waals surface area contributed by atoms with Gasteiger partial charge >= 0.3 is 0 Å². The van der Waals surface area contributed by atoms with E-state index in [9.17, 15) is 0 Å². The first-order chi connectivity index (χ1) is 10.00. The SMILES string of the molecule is CC(C)(C)c1nc(CN2CCNCC23CCCCC3)cs1. The highest BCUT2D eigenvalue weighted by atomic mass is 32.1. The largest absolute Gasteiger partial charge is 0.314 e. The summed E-state index contributed by atoms with van der Waals surface area (Å²) >= 11 is 1.83. The number of hydrogen-bond acceptors (Lipinski definition) is 4. The third-order valence-corrected chi connectivity index (χ3v) is 6.33. The molecule has 2 heterocycles. The zero-order chi connectivity index (χ0) is 14.9. The molecule has 1 aromatic rings. The van der Waals surface area contributed by atoms with E-state index < -0.39 is 0 Å². The molecule has 0 bridgehead atoms. The molecule has 1 saturated heterocycles. The summed E-state index contributed by atoms with van der Waals surface area (Å²) in [5.74, 6) is 0. The van der Waals surface area contributed by atoms with Crippen LogP contribution in [0.25, 0.3) is 0 Å². The minimum Gasteiger partial charge on any atom is -0.314 e. The maximum Gasteiger partial charge on any atom is 0.0982 e. The molecular weight excluding hydrogens is 278 g/mol. The van der Waals surface area contributed by atoms with Gasteiger partial charge in [-0.25, -0.2) is 4.98 Å². The highest BCUT2D eigenvalue weighted by Crippen LogP contribution is 2.36. The average molecular weight is 308 g/mol. The van der Waals surface area contributed by atoms with E-state index in [1.165, 1.54) is 55.9 Å². The second-order valence-electron chi connectivity index (χ2n) is 7.78. The Morgan fingerprint density at radius 3 is 2.71 bits per heavy atom. The van der Waals surface area contributed by atoms with Gasteiger partial charge in [-0.05, 0) is 12.8 Å². The highest BCUT2D eigenvalue weighted by molar-refractivity contribution is 7.09. The minimum absolute atomic E-state index is 0.175. The van der Waals surface area contributed by atoms with Gasteiger partial charge in [0.15, 0.2) is 0 Å². The summed E-state index contributed by atoms with van der Waals surface area (Å²) in [5.41, 5.74) is 1.86. The Morgan fingerprint density at radius 1 is 1.29 bits per heavy atom. The Morgan fingerprint density at radius 2 is 2.05 bits per heavy atom. The molecule has 3 nitrogen and oxygen atoms in total. The molecule has 1 aliphatic carbocycles. The van der Waals surface area contributed by atoms with Crippen LogP contribution in [0, 0.1) is 0 Å². The second-order valence-corrected chi connectivity index (χ2v) is 8.64. The number of rotatable bonds is 2. The summed E-state index contributed by atoms with van der Waals surface area (Å²) in [6.07, 6.45) is 6.91. The Labute approximate surface area is 133 Å². The van der Waals surface area contributed by atoms with Crippen LogP contribution in [0.5, 0.6) is 0 Å². The Hall–Kier alpha value is -0.450. The summed E-state index contributed by atoms with van der Waals surface area (Å²) in [6, 6.07) is 0. The van der Waals surface area contributed by atoms with E-state index in [0.717, 1.165) is 13.1 Å². The first-order valence-corrected chi connectivity index (χ1v) is 9.28. The first-order valence-electron chi connectivity index (χ1n) is 8.40. The summed E-state index contributed by atoms with van der Waals surface area (Å²) in [6.45, 7) is 11.3. The van der Waals surface area contributed by atoms with Crippen molar-refractivity contribution in [3.63, 3.8) is 0 Å². The molecule has 0 amide bonds. The van der Waals surface area contributed by atoms with Crippen LogP contribution in [-0.4, -0.2) is 35.1 Å². The van der Waals surface area contributed by atoms with Crippen molar-refractivity contribution in [2.75, 3.05) is 19.6 Å². The van der Waals surface area contributed by atoms with Gasteiger partial charge in [-0.3, -0.25) is 4.90 Å². The molecule has 1 N–H and O–H groups in total. The monoisotopic (exact) mass is 307 g/mol. The minimum atomic E-state index is 0.175. The van der Waals surface area contributed by atoms with Crippen molar-refractivity contribution in [2.45, 2.75) is 70.4 Å². The lowest BCUT2D eigenvalue weighted by molar-refractivity contribution is 0.0200. The molecule has 1 saturated carbocycles. The molecule has 4 heteroatoms. The van der Waals surface area contributed by atoms with Gasteiger partial charge in [-0.15, -0.1) is 11.3 Å². The van der Waals surface area contributed by atoms with Gasteiger partial charge in [0.2, 0.25) is 0 Å². The van der Waals surface area contributed by atoms with Gasteiger partial charge in [0.25, 0.3) is 0 Å². The van der Waals surface area contributed by atoms with E-state index in [4.69, 9.17) is 4.98 Å². The van der Waals surface area contributed by atoms with E-state index in [1.54, 1.807) is 0 Å². The fourth-order valence-electron chi connectivity index (χ4n) is 3.75. The molecule has 0 unspecified atom stereocenters. The maximum atomic E-state index is 4.91. The Balaban J connectivity index is 1.74. The molecule has 118 valence electrons. The van der Waals surface area contributed by atoms with E-state index in [0.29, 0.717) is 5.54 Å². The van der Waals surface area contributed by atoms with Crippen molar-refractivity contribution in [3.8, 4) is 0 Å². The molecule has 1 aliphatic heterocycles. The van der Waals surface area contributed by atoms with Crippen LogP contribution >= 0.6 is 11.3 Å². The standard InChI is InChI=1S/C17H29N3S/c1-16(2,3)15-19-14(12-21-15)11-20-10-9-18-13-17(20)7-5-4-6-8-17/h12,18H,4-11,13H2,1-3H3. The van der Waals surface area contributed by atoms with E-state index in [-0.39, 0.29) is 5.41 Å². The lowest BCUT2D eigenvalue weighted by Gasteiger charge is -2.49. The molecular formula is C17H29N3S. The lowest BCUT2D eigenvalue weighted by atomic mass is 9.79. The molecule has 0 aromatic carbocycles. The van der Waals surface area contributed by atoms with Gasteiger partial charge in [0.1, 0.15) is 0 Å².